The third kappa shape index (κ3) is 9.04. The molecule has 0 N–H and O–H groups in total. The smallest absolute Gasteiger partial charge is 0.224 e. The van der Waals surface area contributed by atoms with E-state index in [0.717, 1.165) is 30.1 Å². The van der Waals surface area contributed by atoms with Gasteiger partial charge in [0.25, 0.3) is 0 Å². The maximum Gasteiger partial charge on any atom is 0.224 e. The fraction of sp³-hybridized carbons (Fsp3) is 0.619. The molecule has 1 aliphatic rings. The standard InChI is InChI=1S/C19H31N3OS.C2H2O4/c1-4-6-12-22(13-7-5-2)14-10-16-15-21(3)19(24)17-9-8-11-20-18(17)23-16;3-1(4)2(5)6/h8-9,11,16H,4-7,10,12-15H2,1-3H3;(H,3,4)(H,5,6)/p-2. The van der Waals surface area contributed by atoms with Gasteiger partial charge in [0, 0.05) is 19.8 Å². The first-order valence-electron chi connectivity index (χ1n) is 10.3. The second-order valence-corrected chi connectivity index (χ2v) is 7.58. The van der Waals surface area contributed by atoms with Gasteiger partial charge in [0.15, 0.2) is 0 Å². The van der Waals surface area contributed by atoms with Gasteiger partial charge in [-0.05, 0) is 44.5 Å². The van der Waals surface area contributed by atoms with E-state index in [-0.39, 0.29) is 6.10 Å². The molecule has 168 valence electrons. The molecule has 0 fully saturated rings. The summed E-state index contributed by atoms with van der Waals surface area (Å²) in [6.07, 6.45) is 7.95. The first-order chi connectivity index (χ1) is 14.3. The largest absolute Gasteiger partial charge is 0.543 e. The lowest BCUT2D eigenvalue weighted by Gasteiger charge is -2.26. The highest BCUT2D eigenvalue weighted by Crippen LogP contribution is 2.23. The van der Waals surface area contributed by atoms with Gasteiger partial charge in [-0.15, -0.1) is 0 Å². The minimum absolute atomic E-state index is 0.134. The van der Waals surface area contributed by atoms with Gasteiger partial charge in [0.05, 0.1) is 24.0 Å². The third-order valence-corrected chi connectivity index (χ3v) is 5.23. The summed E-state index contributed by atoms with van der Waals surface area (Å²) < 4.78 is 6.19. The van der Waals surface area contributed by atoms with Crippen LogP contribution < -0.4 is 14.9 Å². The Hall–Kier alpha value is -2.26. The molecule has 0 saturated heterocycles. The molecule has 0 spiro atoms. The number of aromatic nitrogens is 1. The molecule has 2 heterocycles. The van der Waals surface area contributed by atoms with Crippen LogP contribution in [-0.2, 0) is 9.59 Å². The van der Waals surface area contributed by atoms with E-state index in [1.807, 2.05) is 19.2 Å². The van der Waals surface area contributed by atoms with Gasteiger partial charge < -0.3 is 34.3 Å². The van der Waals surface area contributed by atoms with Crippen LogP contribution in [0.3, 0.4) is 0 Å². The van der Waals surface area contributed by atoms with Crippen LogP contribution in [0.5, 0.6) is 5.88 Å². The van der Waals surface area contributed by atoms with Crippen LogP contribution in [-0.4, -0.2) is 71.0 Å². The summed E-state index contributed by atoms with van der Waals surface area (Å²) in [5.74, 6) is -3.68. The van der Waals surface area contributed by atoms with Gasteiger partial charge >= 0.3 is 0 Å². The molecule has 1 unspecified atom stereocenters. The molecular formula is C21H31N3O5S-2. The number of hydrogen-bond donors (Lipinski definition) is 0. The zero-order valence-corrected chi connectivity index (χ0v) is 18.8. The van der Waals surface area contributed by atoms with Gasteiger partial charge in [-0.25, -0.2) is 4.98 Å². The number of aliphatic carboxylic acids is 2. The second kappa shape index (κ2) is 13.9. The van der Waals surface area contributed by atoms with Gasteiger partial charge in [0.1, 0.15) is 11.1 Å². The van der Waals surface area contributed by atoms with Crippen LogP contribution in [0.2, 0.25) is 0 Å². The Morgan fingerprint density at radius 2 is 1.80 bits per heavy atom. The number of ether oxygens (including phenoxy) is 1. The average Bonchev–Trinajstić information content (AvgIpc) is 2.84. The number of likely N-dealkylation sites (N-methyl/N-ethyl adjacent to an activating group) is 1. The second-order valence-electron chi connectivity index (χ2n) is 7.19. The van der Waals surface area contributed by atoms with Crippen molar-refractivity contribution in [2.45, 2.75) is 52.1 Å². The summed E-state index contributed by atoms with van der Waals surface area (Å²) >= 11 is 5.57. The molecule has 1 aliphatic heterocycles. The van der Waals surface area contributed by atoms with Gasteiger partial charge in [-0.2, -0.15) is 0 Å². The van der Waals surface area contributed by atoms with Gasteiger partial charge in [-0.3, -0.25) is 0 Å². The summed E-state index contributed by atoms with van der Waals surface area (Å²) in [5.41, 5.74) is 0.936. The van der Waals surface area contributed by atoms with Crippen molar-refractivity contribution < 1.29 is 24.5 Å². The summed E-state index contributed by atoms with van der Waals surface area (Å²) in [4.78, 5) is 27.8. The first-order valence-corrected chi connectivity index (χ1v) is 10.7. The topological polar surface area (TPSA) is 109 Å². The van der Waals surface area contributed by atoms with Crippen molar-refractivity contribution in [1.82, 2.24) is 14.8 Å². The number of carbonyl (C=O) groups excluding carboxylic acids is 2. The Labute approximate surface area is 183 Å². The molecule has 0 saturated carbocycles. The minimum atomic E-state index is -2.19. The Morgan fingerprint density at radius 1 is 1.20 bits per heavy atom. The number of pyridine rings is 1. The van der Waals surface area contributed by atoms with Crippen molar-refractivity contribution in [2.24, 2.45) is 0 Å². The molecule has 30 heavy (non-hydrogen) atoms. The Morgan fingerprint density at radius 3 is 2.33 bits per heavy atom. The van der Waals surface area contributed by atoms with Crippen molar-refractivity contribution >= 4 is 29.1 Å². The predicted octanol–water partition coefficient (Wildman–Crippen LogP) is 0.228. The quantitative estimate of drug-likeness (QED) is 0.396. The Bertz CT molecular complexity index is 681. The maximum absolute atomic E-state index is 8.93. The van der Waals surface area contributed by atoms with Crippen LogP contribution in [0.15, 0.2) is 18.3 Å². The molecule has 2 rings (SSSR count). The number of fused-ring (bicyclic) bond motifs is 1. The lowest BCUT2D eigenvalue weighted by molar-refractivity contribution is -0.345. The molecule has 1 atom stereocenters. The monoisotopic (exact) mass is 437 g/mol. The highest BCUT2D eigenvalue weighted by atomic mass is 32.1. The zero-order chi connectivity index (χ0) is 22.5. The number of rotatable bonds is 9. The molecule has 0 aliphatic carbocycles. The number of nitrogens with zero attached hydrogens (tertiary/aromatic N) is 3. The normalized spacial score (nSPS) is 15.5. The van der Waals surface area contributed by atoms with Crippen molar-refractivity contribution in [3.8, 4) is 5.88 Å². The van der Waals surface area contributed by atoms with E-state index in [0.29, 0.717) is 5.88 Å². The van der Waals surface area contributed by atoms with E-state index in [4.69, 9.17) is 36.8 Å². The van der Waals surface area contributed by atoms with E-state index < -0.39 is 11.9 Å². The number of hydrogen-bond acceptors (Lipinski definition) is 8. The van der Waals surface area contributed by atoms with Crippen LogP contribution in [0.4, 0.5) is 0 Å². The molecule has 0 amide bonds. The SMILES string of the molecule is CCCCN(CCCC)CCC1CN(C)C(=S)c2cccnc2O1.O=C([O-])C(=O)[O-]. The van der Waals surface area contributed by atoms with E-state index in [2.05, 4.69) is 28.6 Å². The number of carbonyl (C=O) groups is 2. The van der Waals surface area contributed by atoms with Crippen molar-refractivity contribution in [1.29, 1.82) is 0 Å². The van der Waals surface area contributed by atoms with Crippen molar-refractivity contribution in [2.75, 3.05) is 33.2 Å². The highest BCUT2D eigenvalue weighted by molar-refractivity contribution is 7.80. The summed E-state index contributed by atoms with van der Waals surface area (Å²) in [6.45, 7) is 8.78. The molecule has 0 radical (unpaired) electrons. The van der Waals surface area contributed by atoms with Gasteiger partial charge in [0.2, 0.25) is 5.88 Å². The Balaban J connectivity index is 0.000000656. The summed E-state index contributed by atoms with van der Waals surface area (Å²) in [7, 11) is 2.05. The third-order valence-electron chi connectivity index (χ3n) is 4.69. The van der Waals surface area contributed by atoms with E-state index in [1.165, 1.54) is 38.8 Å². The first kappa shape index (κ1) is 25.8. The highest BCUT2D eigenvalue weighted by Gasteiger charge is 2.25. The number of unbranched alkanes of at least 4 members (excludes halogenated alkanes) is 2. The minimum Gasteiger partial charge on any atom is -0.543 e. The average molecular weight is 438 g/mol. The Kier molecular flexibility index (Phi) is 11.9. The van der Waals surface area contributed by atoms with Crippen molar-refractivity contribution in [3.05, 3.63) is 23.9 Å². The molecule has 1 aromatic rings. The number of carboxylic acid groups (broad SMARTS) is 2. The fourth-order valence-corrected chi connectivity index (χ4v) is 3.24. The lowest BCUT2D eigenvalue weighted by Crippen LogP contribution is -2.42. The zero-order valence-electron chi connectivity index (χ0n) is 18.0. The van der Waals surface area contributed by atoms with E-state index in [1.54, 1.807) is 6.20 Å². The lowest BCUT2D eigenvalue weighted by atomic mass is 10.2. The van der Waals surface area contributed by atoms with E-state index in [9.17, 15) is 0 Å². The summed E-state index contributed by atoms with van der Waals surface area (Å²) in [5, 5.41) is 17.9. The van der Waals surface area contributed by atoms with Crippen molar-refractivity contribution in [3.63, 3.8) is 0 Å². The van der Waals surface area contributed by atoms with Crippen LogP contribution in [0.25, 0.3) is 0 Å². The van der Waals surface area contributed by atoms with Gasteiger partial charge in [-0.1, -0.05) is 38.9 Å². The van der Waals surface area contributed by atoms with E-state index >= 15 is 0 Å². The molecule has 8 nitrogen and oxygen atoms in total. The molecular weight excluding hydrogens is 406 g/mol. The molecule has 0 aromatic carbocycles. The van der Waals surface area contributed by atoms with Crippen LogP contribution >= 0.6 is 12.2 Å². The number of carboxylic acids is 2. The summed E-state index contributed by atoms with van der Waals surface area (Å²) in [6, 6.07) is 3.91. The fourth-order valence-electron chi connectivity index (χ4n) is 3.01. The molecule has 0 bridgehead atoms. The van der Waals surface area contributed by atoms with Crippen LogP contribution in [0, 0.1) is 0 Å². The predicted molar refractivity (Wildman–Crippen MR) is 114 cm³/mol. The number of thiocarbonyl (C=S) groups is 1. The molecule has 1 aromatic heterocycles. The molecule has 9 heteroatoms. The van der Waals surface area contributed by atoms with Crippen LogP contribution in [0.1, 0.15) is 51.5 Å². The maximum atomic E-state index is 8.93.